The maximum atomic E-state index is 6.15. The van der Waals surface area contributed by atoms with Crippen molar-refractivity contribution >= 4 is 5.69 Å². The zero-order valence-corrected chi connectivity index (χ0v) is 14.6. The lowest BCUT2D eigenvalue weighted by Gasteiger charge is -2.09. The van der Waals surface area contributed by atoms with E-state index in [-0.39, 0.29) is 0 Å². The second kappa shape index (κ2) is 7.75. The molecule has 3 aromatic rings. The van der Waals surface area contributed by atoms with Crippen molar-refractivity contribution in [1.82, 2.24) is 9.78 Å². The van der Waals surface area contributed by atoms with Crippen LogP contribution in [0.4, 0.5) is 5.69 Å². The van der Waals surface area contributed by atoms with Crippen LogP contribution >= 0.6 is 0 Å². The van der Waals surface area contributed by atoms with Gasteiger partial charge in [0.2, 0.25) is 5.88 Å². The Bertz CT molecular complexity index is 811. The molecule has 0 atom stereocenters. The van der Waals surface area contributed by atoms with Crippen LogP contribution in [-0.4, -0.2) is 9.78 Å². The van der Waals surface area contributed by atoms with E-state index in [4.69, 9.17) is 15.2 Å². The first-order valence-corrected chi connectivity index (χ1v) is 8.43. The van der Waals surface area contributed by atoms with Crippen LogP contribution < -0.4 is 15.2 Å². The standard InChI is InChI=1S/C20H23N3O2/c1-3-7-18-19(21)20(23(2)22-18)25-17-12-10-16(11-13-17)24-14-15-8-5-4-6-9-15/h4-6,8-13H,3,7,14,21H2,1-2H3. The second-order valence-electron chi connectivity index (χ2n) is 5.89. The van der Waals surface area contributed by atoms with E-state index in [1.807, 2.05) is 61.6 Å². The summed E-state index contributed by atoms with van der Waals surface area (Å²) >= 11 is 0. The number of rotatable bonds is 7. The number of ether oxygens (including phenoxy) is 2. The van der Waals surface area contributed by atoms with Crippen molar-refractivity contribution in [2.75, 3.05) is 5.73 Å². The number of anilines is 1. The average molecular weight is 337 g/mol. The first kappa shape index (κ1) is 16.9. The molecule has 0 unspecified atom stereocenters. The number of hydrogen-bond donors (Lipinski definition) is 1. The van der Waals surface area contributed by atoms with Crippen LogP contribution in [0.25, 0.3) is 0 Å². The highest BCUT2D eigenvalue weighted by Gasteiger charge is 2.14. The Labute approximate surface area is 148 Å². The van der Waals surface area contributed by atoms with Gasteiger partial charge in [-0.25, -0.2) is 4.68 Å². The topological polar surface area (TPSA) is 62.3 Å². The SMILES string of the molecule is CCCc1nn(C)c(Oc2ccc(OCc3ccccc3)cc2)c1N. The molecule has 0 radical (unpaired) electrons. The lowest BCUT2D eigenvalue weighted by Crippen LogP contribution is -1.97. The molecule has 25 heavy (non-hydrogen) atoms. The van der Waals surface area contributed by atoms with Gasteiger partial charge >= 0.3 is 0 Å². The fourth-order valence-electron chi connectivity index (χ4n) is 2.58. The molecule has 1 heterocycles. The Morgan fingerprint density at radius 1 is 1.00 bits per heavy atom. The van der Waals surface area contributed by atoms with E-state index >= 15 is 0 Å². The monoisotopic (exact) mass is 337 g/mol. The molecule has 2 aromatic carbocycles. The van der Waals surface area contributed by atoms with Crippen LogP contribution in [0, 0.1) is 0 Å². The second-order valence-corrected chi connectivity index (χ2v) is 5.89. The molecule has 0 aliphatic heterocycles. The molecule has 0 aliphatic carbocycles. The van der Waals surface area contributed by atoms with Gasteiger partial charge in [-0.05, 0) is 36.2 Å². The van der Waals surface area contributed by atoms with E-state index in [1.165, 1.54) is 0 Å². The summed E-state index contributed by atoms with van der Waals surface area (Å²) in [6.45, 7) is 2.64. The fraction of sp³-hybridized carbons (Fsp3) is 0.250. The maximum absolute atomic E-state index is 6.15. The van der Waals surface area contributed by atoms with Crippen molar-refractivity contribution < 1.29 is 9.47 Å². The summed E-state index contributed by atoms with van der Waals surface area (Å²) in [5.41, 5.74) is 8.76. The summed E-state index contributed by atoms with van der Waals surface area (Å²) in [5, 5.41) is 4.42. The Kier molecular flexibility index (Phi) is 5.23. The van der Waals surface area contributed by atoms with E-state index in [0.29, 0.717) is 23.9 Å². The molecule has 0 saturated carbocycles. The third kappa shape index (κ3) is 4.12. The number of benzene rings is 2. The smallest absolute Gasteiger partial charge is 0.241 e. The van der Waals surface area contributed by atoms with Gasteiger partial charge in [0.15, 0.2) is 0 Å². The van der Waals surface area contributed by atoms with E-state index in [1.54, 1.807) is 4.68 Å². The van der Waals surface area contributed by atoms with Crippen LogP contribution in [0.2, 0.25) is 0 Å². The van der Waals surface area contributed by atoms with Crippen molar-refractivity contribution in [3.05, 3.63) is 65.9 Å². The summed E-state index contributed by atoms with van der Waals surface area (Å²) in [5.74, 6) is 2.06. The van der Waals surface area contributed by atoms with E-state index in [0.717, 1.165) is 29.8 Å². The molecular weight excluding hydrogens is 314 g/mol. The van der Waals surface area contributed by atoms with Crippen molar-refractivity contribution in [2.45, 2.75) is 26.4 Å². The zero-order chi connectivity index (χ0) is 17.6. The normalized spacial score (nSPS) is 10.6. The largest absolute Gasteiger partial charge is 0.489 e. The van der Waals surface area contributed by atoms with Gasteiger partial charge < -0.3 is 15.2 Å². The molecule has 5 heteroatoms. The van der Waals surface area contributed by atoms with Gasteiger partial charge in [-0.1, -0.05) is 43.7 Å². The highest BCUT2D eigenvalue weighted by Crippen LogP contribution is 2.31. The highest BCUT2D eigenvalue weighted by atomic mass is 16.5. The minimum absolute atomic E-state index is 0.538. The number of nitrogens with two attached hydrogens (primary N) is 1. The lowest BCUT2D eigenvalue weighted by molar-refractivity contribution is 0.305. The summed E-state index contributed by atoms with van der Waals surface area (Å²) in [4.78, 5) is 0. The number of aromatic nitrogens is 2. The zero-order valence-electron chi connectivity index (χ0n) is 14.6. The number of nitrogens with zero attached hydrogens (tertiary/aromatic N) is 2. The van der Waals surface area contributed by atoms with Crippen LogP contribution in [0.1, 0.15) is 24.6 Å². The van der Waals surface area contributed by atoms with Crippen molar-refractivity contribution in [3.63, 3.8) is 0 Å². The average Bonchev–Trinajstić information content (AvgIpc) is 2.90. The van der Waals surface area contributed by atoms with Gasteiger partial charge in [-0.15, -0.1) is 0 Å². The first-order chi connectivity index (χ1) is 12.2. The van der Waals surface area contributed by atoms with Gasteiger partial charge in [0.25, 0.3) is 0 Å². The molecule has 0 amide bonds. The highest BCUT2D eigenvalue weighted by molar-refractivity contribution is 5.54. The summed E-state index contributed by atoms with van der Waals surface area (Å²) in [7, 11) is 1.84. The molecule has 0 aliphatic rings. The number of nitrogen functional groups attached to an aromatic ring is 1. The number of hydrogen-bond acceptors (Lipinski definition) is 4. The minimum Gasteiger partial charge on any atom is -0.489 e. The van der Waals surface area contributed by atoms with Gasteiger partial charge in [-0.2, -0.15) is 5.10 Å². The molecular formula is C20H23N3O2. The van der Waals surface area contributed by atoms with Crippen molar-refractivity contribution in [2.24, 2.45) is 7.05 Å². The molecule has 1 aromatic heterocycles. The summed E-state index contributed by atoms with van der Waals surface area (Å²) in [6.07, 6.45) is 1.84. The van der Waals surface area contributed by atoms with Crippen LogP contribution in [-0.2, 0) is 20.1 Å². The summed E-state index contributed by atoms with van der Waals surface area (Å²) in [6, 6.07) is 17.6. The molecule has 130 valence electrons. The lowest BCUT2D eigenvalue weighted by atomic mass is 10.2. The number of aryl methyl sites for hydroxylation is 2. The van der Waals surface area contributed by atoms with Gasteiger partial charge in [0.05, 0.1) is 5.69 Å². The fourth-order valence-corrected chi connectivity index (χ4v) is 2.58. The van der Waals surface area contributed by atoms with Crippen LogP contribution in [0.15, 0.2) is 54.6 Å². The third-order valence-electron chi connectivity index (χ3n) is 3.88. The van der Waals surface area contributed by atoms with Crippen molar-refractivity contribution in [3.8, 4) is 17.4 Å². The molecule has 0 spiro atoms. The predicted molar refractivity (Wildman–Crippen MR) is 98.9 cm³/mol. The van der Waals surface area contributed by atoms with Crippen molar-refractivity contribution in [1.29, 1.82) is 0 Å². The Morgan fingerprint density at radius 3 is 2.36 bits per heavy atom. The Balaban J connectivity index is 1.65. The molecule has 0 saturated heterocycles. The van der Waals surface area contributed by atoms with E-state index in [9.17, 15) is 0 Å². The molecule has 0 bridgehead atoms. The first-order valence-electron chi connectivity index (χ1n) is 8.43. The summed E-state index contributed by atoms with van der Waals surface area (Å²) < 4.78 is 13.4. The molecule has 3 rings (SSSR count). The molecule has 5 nitrogen and oxygen atoms in total. The van der Waals surface area contributed by atoms with Gasteiger partial charge in [0.1, 0.15) is 23.8 Å². The van der Waals surface area contributed by atoms with E-state index in [2.05, 4.69) is 12.0 Å². The van der Waals surface area contributed by atoms with Gasteiger partial charge in [0, 0.05) is 7.05 Å². The van der Waals surface area contributed by atoms with Crippen LogP contribution in [0.3, 0.4) is 0 Å². The van der Waals surface area contributed by atoms with E-state index < -0.39 is 0 Å². The van der Waals surface area contributed by atoms with Crippen LogP contribution in [0.5, 0.6) is 17.4 Å². The Hall–Kier alpha value is -2.95. The molecule has 2 N–H and O–H groups in total. The minimum atomic E-state index is 0.538. The maximum Gasteiger partial charge on any atom is 0.241 e. The quantitative estimate of drug-likeness (QED) is 0.697. The van der Waals surface area contributed by atoms with Gasteiger partial charge in [-0.3, -0.25) is 0 Å². The third-order valence-corrected chi connectivity index (χ3v) is 3.88. The molecule has 0 fully saturated rings. The predicted octanol–water partition coefficient (Wildman–Crippen LogP) is 4.33. The Morgan fingerprint density at radius 2 is 1.68 bits per heavy atom.